The summed E-state index contributed by atoms with van der Waals surface area (Å²) in [5.74, 6) is -4.36. The Bertz CT molecular complexity index is 328. The highest BCUT2D eigenvalue weighted by atomic mass is 35.5. The van der Waals surface area contributed by atoms with Crippen molar-refractivity contribution in [1.82, 2.24) is 0 Å². The van der Waals surface area contributed by atoms with Crippen LogP contribution >= 0.6 is 11.6 Å². The number of carbonyl (C=O) groups is 3. The van der Waals surface area contributed by atoms with Crippen LogP contribution in [0.25, 0.3) is 0 Å². The molecule has 0 aromatic rings. The molecule has 1 atom stereocenters. The molecular formula is C10H11ClO6. The minimum atomic E-state index is -1.26. The van der Waals surface area contributed by atoms with Crippen molar-refractivity contribution in [2.45, 2.75) is 0 Å². The average Bonchev–Trinajstić information content (AvgIpc) is 2.15. The Hall–Kier alpha value is -2.08. The third-order valence-electron chi connectivity index (χ3n) is 1.21. The summed E-state index contributed by atoms with van der Waals surface area (Å²) in [6.45, 7) is 6.54. The quantitative estimate of drug-likeness (QED) is 0.509. The second kappa shape index (κ2) is 9.17. The molecule has 0 aromatic carbocycles. The highest BCUT2D eigenvalue weighted by Gasteiger charge is 2.14. The van der Waals surface area contributed by atoms with Crippen molar-refractivity contribution in [3.05, 3.63) is 36.4 Å². The zero-order chi connectivity index (χ0) is 14.0. The monoisotopic (exact) mass is 262 g/mol. The van der Waals surface area contributed by atoms with Gasteiger partial charge >= 0.3 is 17.9 Å². The summed E-state index contributed by atoms with van der Waals surface area (Å²) >= 11 is 5.29. The van der Waals surface area contributed by atoms with E-state index in [-0.39, 0.29) is 5.03 Å². The standard InChI is InChI=1S/C6H7ClO2.C4H4O4/c1-3-5(4(2)7)6(8)9;5-3(6)1-2-4(7)8/h3,5H,1-2H2,(H,8,9);1-2H,(H,5,6)(H,7,8)/b;2-1-. The summed E-state index contributed by atoms with van der Waals surface area (Å²) in [7, 11) is 0. The van der Waals surface area contributed by atoms with Crippen molar-refractivity contribution < 1.29 is 29.7 Å². The summed E-state index contributed by atoms with van der Waals surface area (Å²) in [6, 6.07) is 0. The van der Waals surface area contributed by atoms with Crippen LogP contribution in [0.2, 0.25) is 0 Å². The number of carboxylic acids is 3. The highest BCUT2D eigenvalue weighted by Crippen LogP contribution is 2.13. The van der Waals surface area contributed by atoms with Gasteiger partial charge in [0, 0.05) is 17.2 Å². The Balaban J connectivity index is 0. The van der Waals surface area contributed by atoms with E-state index in [0.29, 0.717) is 12.2 Å². The van der Waals surface area contributed by atoms with Crippen LogP contribution in [0.3, 0.4) is 0 Å². The molecule has 17 heavy (non-hydrogen) atoms. The van der Waals surface area contributed by atoms with Crippen LogP contribution < -0.4 is 0 Å². The van der Waals surface area contributed by atoms with Crippen molar-refractivity contribution in [3.8, 4) is 0 Å². The van der Waals surface area contributed by atoms with E-state index in [4.69, 9.17) is 26.9 Å². The van der Waals surface area contributed by atoms with Crippen molar-refractivity contribution in [1.29, 1.82) is 0 Å². The Labute approximate surface area is 102 Å². The van der Waals surface area contributed by atoms with Gasteiger partial charge in [0.05, 0.1) is 0 Å². The molecule has 94 valence electrons. The minimum Gasteiger partial charge on any atom is -0.481 e. The van der Waals surface area contributed by atoms with Gasteiger partial charge in [-0.2, -0.15) is 0 Å². The lowest BCUT2D eigenvalue weighted by molar-refractivity contribution is -0.138. The lowest BCUT2D eigenvalue weighted by atomic mass is 10.1. The number of rotatable bonds is 5. The first kappa shape index (κ1) is 17.3. The lowest BCUT2D eigenvalue weighted by Gasteiger charge is -2.01. The van der Waals surface area contributed by atoms with E-state index in [1.54, 1.807) is 0 Å². The highest BCUT2D eigenvalue weighted by molar-refractivity contribution is 6.31. The molecule has 0 fully saturated rings. The molecule has 0 spiro atoms. The van der Waals surface area contributed by atoms with Crippen LogP contribution in [0.4, 0.5) is 0 Å². The summed E-state index contributed by atoms with van der Waals surface area (Å²) in [5.41, 5.74) is 0. The largest absolute Gasteiger partial charge is 0.481 e. The molecule has 0 heterocycles. The molecule has 0 saturated carbocycles. The average molecular weight is 263 g/mol. The fraction of sp³-hybridized carbons (Fsp3) is 0.100. The van der Waals surface area contributed by atoms with Gasteiger partial charge in [-0.1, -0.05) is 24.3 Å². The van der Waals surface area contributed by atoms with E-state index >= 15 is 0 Å². The van der Waals surface area contributed by atoms with E-state index in [1.807, 2.05) is 0 Å². The van der Waals surface area contributed by atoms with Gasteiger partial charge in [0.2, 0.25) is 0 Å². The second-order valence-corrected chi connectivity index (χ2v) is 2.99. The van der Waals surface area contributed by atoms with Gasteiger partial charge in [-0.05, 0) is 0 Å². The van der Waals surface area contributed by atoms with E-state index in [9.17, 15) is 14.4 Å². The van der Waals surface area contributed by atoms with Gasteiger partial charge in [-0.15, -0.1) is 6.58 Å². The molecule has 0 aromatic heterocycles. The third-order valence-corrected chi connectivity index (χ3v) is 1.44. The van der Waals surface area contributed by atoms with Crippen LogP contribution in [0.1, 0.15) is 0 Å². The van der Waals surface area contributed by atoms with Crippen molar-refractivity contribution >= 4 is 29.5 Å². The third kappa shape index (κ3) is 11.8. The zero-order valence-electron chi connectivity index (χ0n) is 8.67. The molecule has 0 amide bonds. The normalized spacial score (nSPS) is 10.9. The van der Waals surface area contributed by atoms with E-state index < -0.39 is 23.8 Å². The maximum atomic E-state index is 10.2. The van der Waals surface area contributed by atoms with Crippen molar-refractivity contribution in [2.75, 3.05) is 0 Å². The van der Waals surface area contributed by atoms with Crippen LogP contribution in [0.15, 0.2) is 36.4 Å². The maximum Gasteiger partial charge on any atom is 0.328 e. The zero-order valence-corrected chi connectivity index (χ0v) is 9.42. The molecule has 0 aliphatic heterocycles. The Kier molecular flexibility index (Phi) is 9.34. The molecule has 6 nitrogen and oxygen atoms in total. The van der Waals surface area contributed by atoms with Gasteiger partial charge in [0.15, 0.2) is 0 Å². The van der Waals surface area contributed by atoms with Crippen LogP contribution in [0.5, 0.6) is 0 Å². The predicted molar refractivity (Wildman–Crippen MR) is 60.7 cm³/mol. The van der Waals surface area contributed by atoms with Gasteiger partial charge in [-0.3, -0.25) is 4.79 Å². The number of carboxylic acid groups (broad SMARTS) is 3. The molecule has 7 heteroatoms. The van der Waals surface area contributed by atoms with Gasteiger partial charge < -0.3 is 15.3 Å². The molecule has 0 aliphatic carbocycles. The molecule has 0 rings (SSSR count). The lowest BCUT2D eigenvalue weighted by Crippen LogP contribution is -2.09. The second-order valence-electron chi connectivity index (χ2n) is 2.51. The molecular weight excluding hydrogens is 252 g/mol. The minimum absolute atomic E-state index is 0.0810. The van der Waals surface area contributed by atoms with E-state index in [0.717, 1.165) is 0 Å². The van der Waals surface area contributed by atoms with Gasteiger partial charge in [0.1, 0.15) is 5.92 Å². The Morgan fingerprint density at radius 2 is 1.41 bits per heavy atom. The summed E-state index contributed by atoms with van der Waals surface area (Å²) in [6.07, 6.45) is 2.35. The Morgan fingerprint density at radius 1 is 1.06 bits per heavy atom. The number of hydrogen-bond donors (Lipinski definition) is 3. The topological polar surface area (TPSA) is 112 Å². The molecule has 0 radical (unpaired) electrons. The fourth-order valence-electron chi connectivity index (χ4n) is 0.505. The SMILES string of the molecule is C=CC(C(=C)Cl)C(=O)O.O=C(O)/C=C\C(=O)O. The smallest absolute Gasteiger partial charge is 0.328 e. The first-order valence-corrected chi connectivity index (χ1v) is 4.43. The van der Waals surface area contributed by atoms with Gasteiger partial charge in [0.25, 0.3) is 0 Å². The summed E-state index contributed by atoms with van der Waals surface area (Å²) < 4.78 is 0. The van der Waals surface area contributed by atoms with Crippen LogP contribution in [0, 0.1) is 5.92 Å². The van der Waals surface area contributed by atoms with E-state index in [2.05, 4.69) is 13.2 Å². The molecule has 0 saturated heterocycles. The molecule has 3 N–H and O–H groups in total. The summed E-state index contributed by atoms with van der Waals surface area (Å²) in [4.78, 5) is 29.3. The van der Waals surface area contributed by atoms with Crippen molar-refractivity contribution in [3.63, 3.8) is 0 Å². The number of aliphatic carboxylic acids is 3. The fourth-order valence-corrected chi connectivity index (χ4v) is 0.688. The number of halogens is 1. The van der Waals surface area contributed by atoms with Crippen LogP contribution in [-0.2, 0) is 14.4 Å². The summed E-state index contributed by atoms with van der Waals surface area (Å²) in [5, 5.41) is 24.0. The maximum absolute atomic E-state index is 10.2. The molecule has 0 bridgehead atoms. The molecule has 0 aliphatic rings. The van der Waals surface area contributed by atoms with Crippen molar-refractivity contribution in [2.24, 2.45) is 5.92 Å². The first-order chi connectivity index (χ1) is 7.72. The Morgan fingerprint density at radius 3 is 1.47 bits per heavy atom. The predicted octanol–water partition coefficient (Wildman–Crippen LogP) is 1.34. The first-order valence-electron chi connectivity index (χ1n) is 4.06. The molecule has 1 unspecified atom stereocenters. The van der Waals surface area contributed by atoms with Crippen LogP contribution in [-0.4, -0.2) is 33.2 Å². The van der Waals surface area contributed by atoms with E-state index in [1.165, 1.54) is 6.08 Å². The van der Waals surface area contributed by atoms with Gasteiger partial charge in [-0.25, -0.2) is 9.59 Å². The number of hydrogen-bond acceptors (Lipinski definition) is 3.